The largest absolute Gasteiger partial charge is 0.398 e. The molecule has 29 heavy (non-hydrogen) atoms. The number of anilines is 3. The number of nitrogen functional groups attached to an aromatic ring is 1. The van der Waals surface area contributed by atoms with E-state index < -0.39 is 9.84 Å². The van der Waals surface area contributed by atoms with E-state index in [0.29, 0.717) is 22.5 Å². The number of carbonyl (C=O) groups excluding carboxylic acids is 2. The van der Waals surface area contributed by atoms with E-state index in [4.69, 9.17) is 5.73 Å². The van der Waals surface area contributed by atoms with Crippen molar-refractivity contribution >= 4 is 38.5 Å². The molecule has 3 aromatic rings. The molecule has 3 N–H and O–H groups in total. The second-order valence-corrected chi connectivity index (χ2v) is 8.41. The average Bonchev–Trinajstić information content (AvgIpc) is 2.73. The molecule has 0 spiro atoms. The fraction of sp³-hybridized carbons (Fsp3) is 0. The molecule has 4 rings (SSSR count). The molecule has 1 aliphatic carbocycles. The van der Waals surface area contributed by atoms with Crippen LogP contribution in [0.25, 0.3) is 0 Å². The number of ketones is 2. The van der Waals surface area contributed by atoms with Crippen LogP contribution in [0, 0.1) is 0 Å². The van der Waals surface area contributed by atoms with E-state index >= 15 is 0 Å². The van der Waals surface area contributed by atoms with Gasteiger partial charge in [0.25, 0.3) is 0 Å². The number of carbonyl (C=O) groups is 2. The van der Waals surface area contributed by atoms with Crippen molar-refractivity contribution in [1.82, 2.24) is 0 Å². The lowest BCUT2D eigenvalue weighted by Gasteiger charge is -2.22. The minimum atomic E-state index is -3.54. The first-order valence-electron chi connectivity index (χ1n) is 8.69. The van der Waals surface area contributed by atoms with Crippen LogP contribution in [-0.2, 0) is 9.84 Å². The van der Waals surface area contributed by atoms with Gasteiger partial charge < -0.3 is 11.1 Å². The lowest BCUT2D eigenvalue weighted by molar-refractivity contribution is 0.0980. The number of nitrogens with two attached hydrogens (primary N) is 1. The Bertz CT molecular complexity index is 1290. The van der Waals surface area contributed by atoms with Crippen LogP contribution < -0.4 is 11.1 Å². The van der Waals surface area contributed by atoms with Gasteiger partial charge in [0.1, 0.15) is 0 Å². The second kappa shape index (κ2) is 6.72. The molecule has 0 heterocycles. The maximum Gasteiger partial charge on any atom is 0.199 e. The van der Waals surface area contributed by atoms with Crippen LogP contribution in [0.4, 0.5) is 17.1 Å². The van der Waals surface area contributed by atoms with Gasteiger partial charge in [-0.25, -0.2) is 8.42 Å². The number of nitrogens with one attached hydrogen (secondary N) is 1. The summed E-state index contributed by atoms with van der Waals surface area (Å²) in [6.07, 6.45) is 0. The number of sulfone groups is 1. The molecule has 0 saturated carbocycles. The molecule has 1 aliphatic rings. The first-order chi connectivity index (χ1) is 13.8. The van der Waals surface area contributed by atoms with Gasteiger partial charge in [0.05, 0.1) is 21.7 Å². The Balaban J connectivity index is 1.79. The lowest BCUT2D eigenvalue weighted by Crippen LogP contribution is -2.23. The zero-order chi connectivity index (χ0) is 20.8. The second-order valence-electron chi connectivity index (χ2n) is 6.52. The van der Waals surface area contributed by atoms with Crippen LogP contribution in [0.2, 0.25) is 0 Å². The third-order valence-electron chi connectivity index (χ3n) is 4.79. The third-order valence-corrected chi connectivity index (χ3v) is 6.16. The van der Waals surface area contributed by atoms with Crippen LogP contribution in [0.5, 0.6) is 0 Å². The summed E-state index contributed by atoms with van der Waals surface area (Å²) in [5.41, 5.74) is 8.25. The number of benzene rings is 3. The summed E-state index contributed by atoms with van der Waals surface area (Å²) in [6, 6.07) is 15.8. The summed E-state index contributed by atoms with van der Waals surface area (Å²) in [4.78, 5) is 26.1. The zero-order valence-corrected chi connectivity index (χ0v) is 16.0. The Morgan fingerprint density at radius 1 is 0.828 bits per heavy atom. The van der Waals surface area contributed by atoms with Crippen molar-refractivity contribution in [3.05, 3.63) is 94.9 Å². The van der Waals surface area contributed by atoms with Crippen LogP contribution in [0.1, 0.15) is 31.8 Å². The first kappa shape index (κ1) is 18.6. The molecular weight excluding hydrogens is 388 g/mol. The predicted octanol–water partition coefficient (Wildman–Crippen LogP) is 3.71. The van der Waals surface area contributed by atoms with Crippen molar-refractivity contribution in [2.75, 3.05) is 11.1 Å². The van der Waals surface area contributed by atoms with Crippen molar-refractivity contribution in [2.24, 2.45) is 0 Å². The Labute approximate surface area is 167 Å². The highest BCUT2D eigenvalue weighted by molar-refractivity contribution is 7.94. The zero-order valence-electron chi connectivity index (χ0n) is 15.2. The fourth-order valence-electron chi connectivity index (χ4n) is 3.33. The molecule has 0 atom stereocenters. The van der Waals surface area contributed by atoms with E-state index in [2.05, 4.69) is 11.9 Å². The maximum absolute atomic E-state index is 13.1. The minimum Gasteiger partial charge on any atom is -0.398 e. The van der Waals surface area contributed by atoms with Gasteiger partial charge in [-0.1, -0.05) is 30.8 Å². The van der Waals surface area contributed by atoms with E-state index in [1.807, 2.05) is 0 Å². The summed E-state index contributed by atoms with van der Waals surface area (Å²) in [5.74, 6) is -0.598. The molecule has 0 unspecified atom stereocenters. The van der Waals surface area contributed by atoms with Crippen molar-refractivity contribution in [1.29, 1.82) is 0 Å². The quantitative estimate of drug-likeness (QED) is 0.502. The van der Waals surface area contributed by atoms with Crippen molar-refractivity contribution in [2.45, 2.75) is 4.90 Å². The SMILES string of the molecule is C=CS(=O)(=O)c1ccc(Nc2ccc(N)c3c2C(=O)c2ccccc2C3=O)cc1. The molecule has 0 radical (unpaired) electrons. The number of rotatable bonds is 4. The molecule has 144 valence electrons. The molecule has 0 saturated heterocycles. The van der Waals surface area contributed by atoms with Gasteiger partial charge >= 0.3 is 0 Å². The van der Waals surface area contributed by atoms with Gasteiger partial charge in [0, 0.05) is 27.9 Å². The molecule has 3 aromatic carbocycles. The highest BCUT2D eigenvalue weighted by Gasteiger charge is 2.33. The van der Waals surface area contributed by atoms with Gasteiger partial charge in [0.2, 0.25) is 0 Å². The lowest BCUT2D eigenvalue weighted by atomic mass is 9.82. The van der Waals surface area contributed by atoms with Gasteiger partial charge in [-0.05, 0) is 36.4 Å². The smallest absolute Gasteiger partial charge is 0.199 e. The monoisotopic (exact) mass is 404 g/mol. The summed E-state index contributed by atoms with van der Waals surface area (Å²) < 4.78 is 23.7. The van der Waals surface area contributed by atoms with Crippen LogP contribution in [0.3, 0.4) is 0 Å². The molecule has 0 fully saturated rings. The Hall–Kier alpha value is -3.71. The van der Waals surface area contributed by atoms with E-state index in [-0.39, 0.29) is 33.3 Å². The first-order valence-corrected chi connectivity index (χ1v) is 10.2. The van der Waals surface area contributed by atoms with Gasteiger partial charge in [-0.3, -0.25) is 9.59 Å². The van der Waals surface area contributed by atoms with E-state index in [1.165, 1.54) is 12.1 Å². The normalized spacial score (nSPS) is 12.8. The van der Waals surface area contributed by atoms with Crippen LogP contribution >= 0.6 is 0 Å². The molecular formula is C22H16N2O4S. The van der Waals surface area contributed by atoms with Crippen LogP contribution in [-0.4, -0.2) is 20.0 Å². The van der Waals surface area contributed by atoms with Gasteiger partial charge in [0.15, 0.2) is 21.4 Å². The maximum atomic E-state index is 13.1. The van der Waals surface area contributed by atoms with Gasteiger partial charge in [-0.15, -0.1) is 0 Å². The summed E-state index contributed by atoms with van der Waals surface area (Å²) >= 11 is 0. The third kappa shape index (κ3) is 3.01. The topological polar surface area (TPSA) is 106 Å². The number of hydrogen-bond donors (Lipinski definition) is 2. The Morgan fingerprint density at radius 3 is 2.00 bits per heavy atom. The molecule has 0 amide bonds. The van der Waals surface area contributed by atoms with E-state index in [9.17, 15) is 18.0 Å². The summed E-state index contributed by atoms with van der Waals surface area (Å²) in [6.45, 7) is 3.30. The summed E-state index contributed by atoms with van der Waals surface area (Å²) in [5, 5.41) is 3.97. The Kier molecular flexibility index (Phi) is 4.32. The highest BCUT2D eigenvalue weighted by atomic mass is 32.2. The number of hydrogen-bond acceptors (Lipinski definition) is 6. The molecule has 0 bridgehead atoms. The molecule has 0 aromatic heterocycles. The van der Waals surface area contributed by atoms with Crippen molar-refractivity contribution in [3.8, 4) is 0 Å². The van der Waals surface area contributed by atoms with Gasteiger partial charge in [-0.2, -0.15) is 0 Å². The molecule has 6 nitrogen and oxygen atoms in total. The standard InChI is InChI=1S/C22H16N2O4S/c1-2-29(27,28)14-9-7-13(8-10-14)24-18-12-11-17(23)19-20(18)22(26)16-6-4-3-5-15(16)21(19)25/h2-12,24H,1,23H2. The minimum absolute atomic E-state index is 0.109. The van der Waals surface area contributed by atoms with Crippen molar-refractivity contribution < 1.29 is 18.0 Å². The highest BCUT2D eigenvalue weighted by Crippen LogP contribution is 2.36. The van der Waals surface area contributed by atoms with Crippen molar-refractivity contribution in [3.63, 3.8) is 0 Å². The fourth-order valence-corrected chi connectivity index (χ4v) is 4.04. The summed E-state index contributed by atoms with van der Waals surface area (Å²) in [7, 11) is -3.54. The van der Waals surface area contributed by atoms with E-state index in [1.54, 1.807) is 48.5 Å². The van der Waals surface area contributed by atoms with Crippen LogP contribution in [0.15, 0.2) is 77.5 Å². The molecule has 7 heteroatoms. The number of fused-ring (bicyclic) bond motifs is 2. The average molecular weight is 404 g/mol. The molecule has 0 aliphatic heterocycles. The van der Waals surface area contributed by atoms with E-state index in [0.717, 1.165) is 5.41 Å². The predicted molar refractivity (Wildman–Crippen MR) is 111 cm³/mol. The Morgan fingerprint density at radius 2 is 1.41 bits per heavy atom.